The van der Waals surface area contributed by atoms with Crippen molar-refractivity contribution >= 4 is 8.80 Å². The summed E-state index contributed by atoms with van der Waals surface area (Å²) in [6.45, 7) is 2.15. The summed E-state index contributed by atoms with van der Waals surface area (Å²) in [5.41, 5.74) is 1.23. The second-order valence-corrected chi connectivity index (χ2v) is 6.64. The van der Waals surface area contributed by atoms with E-state index in [4.69, 9.17) is 13.3 Å². The molecule has 116 valence electrons. The van der Waals surface area contributed by atoms with Gasteiger partial charge in [-0.1, -0.05) is 6.92 Å². The van der Waals surface area contributed by atoms with Crippen molar-refractivity contribution in [3.05, 3.63) is 46.1 Å². The van der Waals surface area contributed by atoms with Gasteiger partial charge in [0.25, 0.3) is 0 Å². The SMILES string of the molecule is CO[Si](CC(C)C1=[C-]CC=C1)(OC)OC.[CH3-].[CH3-].[CH3-].[Pt+4]. The maximum atomic E-state index is 5.40. The van der Waals surface area contributed by atoms with Crippen LogP contribution in [0.1, 0.15) is 13.3 Å². The van der Waals surface area contributed by atoms with Gasteiger partial charge in [0, 0.05) is 27.4 Å². The maximum Gasteiger partial charge on any atom is 4.00 e. The van der Waals surface area contributed by atoms with E-state index in [9.17, 15) is 0 Å². The van der Waals surface area contributed by atoms with Crippen molar-refractivity contribution in [2.24, 2.45) is 5.92 Å². The van der Waals surface area contributed by atoms with E-state index in [-0.39, 0.29) is 43.3 Å². The molecule has 0 saturated carbocycles. The molecule has 1 rings (SSSR count). The van der Waals surface area contributed by atoms with Crippen molar-refractivity contribution in [3.8, 4) is 0 Å². The molecule has 1 atom stereocenters. The first-order valence-corrected chi connectivity index (χ1v) is 7.03. The molecule has 0 spiro atoms. The molecule has 0 aliphatic heterocycles. The molecule has 0 aromatic heterocycles. The topological polar surface area (TPSA) is 27.7 Å². The Morgan fingerprint density at radius 2 is 1.63 bits per heavy atom. The van der Waals surface area contributed by atoms with E-state index in [2.05, 4.69) is 25.2 Å². The van der Waals surface area contributed by atoms with E-state index >= 15 is 0 Å². The normalized spacial score (nSPS) is 14.2. The number of rotatable bonds is 6. The van der Waals surface area contributed by atoms with E-state index in [0.717, 1.165) is 12.5 Å². The molecule has 0 fully saturated rings. The summed E-state index contributed by atoms with van der Waals surface area (Å²) in [7, 11) is 2.50. The monoisotopic (exact) mass is 467 g/mol. The molecular weight excluding hydrogens is 439 g/mol. The van der Waals surface area contributed by atoms with Crippen LogP contribution in [0, 0.1) is 34.3 Å². The van der Waals surface area contributed by atoms with Crippen LogP contribution in [-0.4, -0.2) is 30.1 Å². The minimum Gasteiger partial charge on any atom is -0.377 e. The summed E-state index contributed by atoms with van der Waals surface area (Å²) < 4.78 is 16.2. The van der Waals surface area contributed by atoms with Gasteiger partial charge in [-0.25, -0.2) is 11.6 Å². The van der Waals surface area contributed by atoms with Gasteiger partial charge in [-0.3, -0.25) is 6.08 Å². The Kier molecular flexibility index (Phi) is 19.2. The number of hydrogen-bond donors (Lipinski definition) is 0. The predicted molar refractivity (Wildman–Crippen MR) is 80.5 cm³/mol. The summed E-state index contributed by atoms with van der Waals surface area (Å²) >= 11 is 0. The summed E-state index contributed by atoms with van der Waals surface area (Å²) in [6, 6.07) is 0.795. The maximum absolute atomic E-state index is 5.40. The third-order valence-electron chi connectivity index (χ3n) is 2.74. The summed E-state index contributed by atoms with van der Waals surface area (Å²) in [6.07, 6.45) is 8.46. The number of hydrogen-bond acceptors (Lipinski definition) is 3. The van der Waals surface area contributed by atoms with Crippen molar-refractivity contribution in [1.29, 1.82) is 0 Å². The predicted octanol–water partition coefficient (Wildman–Crippen LogP) is 3.54. The average Bonchev–Trinajstić information content (AvgIpc) is 2.79. The molecule has 5 heteroatoms. The molecule has 1 unspecified atom stereocenters. The van der Waals surface area contributed by atoms with E-state index in [1.807, 2.05) is 0 Å². The van der Waals surface area contributed by atoms with Crippen molar-refractivity contribution in [2.45, 2.75) is 19.4 Å². The molecule has 0 N–H and O–H groups in total. The molecule has 0 bridgehead atoms. The Balaban J connectivity index is -0.000000281. The summed E-state index contributed by atoms with van der Waals surface area (Å²) in [4.78, 5) is 0. The van der Waals surface area contributed by atoms with Gasteiger partial charge in [0.1, 0.15) is 0 Å². The van der Waals surface area contributed by atoms with Crippen molar-refractivity contribution < 1.29 is 34.3 Å². The van der Waals surface area contributed by atoms with Gasteiger partial charge < -0.3 is 35.6 Å². The van der Waals surface area contributed by atoms with Crippen LogP contribution in [0.4, 0.5) is 0 Å². The van der Waals surface area contributed by atoms with Crippen molar-refractivity contribution in [3.63, 3.8) is 0 Å². The van der Waals surface area contributed by atoms with Crippen LogP contribution >= 0.6 is 0 Å². The van der Waals surface area contributed by atoms with E-state index in [1.54, 1.807) is 21.3 Å². The zero-order valence-electron chi connectivity index (χ0n) is 13.2. The van der Waals surface area contributed by atoms with Gasteiger partial charge in [-0.2, -0.15) is 6.08 Å². The van der Waals surface area contributed by atoms with Gasteiger partial charge in [0.05, 0.1) is 0 Å². The fraction of sp³-hybridized carbons (Fsp3) is 0.500. The molecule has 0 aromatic carbocycles. The second-order valence-electron chi connectivity index (χ2n) is 3.64. The van der Waals surface area contributed by atoms with Crippen molar-refractivity contribution in [1.82, 2.24) is 0 Å². The minimum atomic E-state index is -2.44. The summed E-state index contributed by atoms with van der Waals surface area (Å²) in [5, 5.41) is 0. The van der Waals surface area contributed by atoms with Gasteiger partial charge in [-0.05, 0) is 5.92 Å². The fourth-order valence-electron chi connectivity index (χ4n) is 1.75. The number of allylic oxidation sites excluding steroid dienone is 4. The standard InChI is InChI=1S/C11H19O3Si.3CH3.Pt/c1-10(11-7-5-6-8-11)9-15(12-2,13-3)14-4;;;;/h5,7,10H,6,9H2,1-4H3;3*1H3;/q4*-1;+4. The molecule has 1 aliphatic rings. The first-order chi connectivity index (χ1) is 7.17. The Morgan fingerprint density at radius 1 is 1.16 bits per heavy atom. The minimum absolute atomic E-state index is 0. The zero-order valence-corrected chi connectivity index (χ0v) is 16.5. The molecule has 0 radical (unpaired) electrons. The fourth-order valence-corrected chi connectivity index (χ4v) is 3.71. The molecule has 0 amide bonds. The first kappa shape index (κ1) is 27.6. The van der Waals surface area contributed by atoms with Crippen LogP contribution in [0.5, 0.6) is 0 Å². The second kappa shape index (κ2) is 13.3. The van der Waals surface area contributed by atoms with Crippen LogP contribution in [0.25, 0.3) is 0 Å². The largest absolute Gasteiger partial charge is 4.00 e. The van der Waals surface area contributed by atoms with Crippen LogP contribution in [0.3, 0.4) is 0 Å². The van der Waals surface area contributed by atoms with E-state index in [1.165, 1.54) is 5.57 Å². The van der Waals surface area contributed by atoms with Crippen molar-refractivity contribution in [2.75, 3.05) is 21.3 Å². The molecule has 1 aliphatic carbocycles. The molecule has 19 heavy (non-hydrogen) atoms. The van der Waals surface area contributed by atoms with Crippen LogP contribution < -0.4 is 0 Å². The van der Waals surface area contributed by atoms with Gasteiger partial charge >= 0.3 is 29.9 Å². The van der Waals surface area contributed by atoms with E-state index in [0.29, 0.717) is 5.92 Å². The molecule has 0 aromatic rings. The van der Waals surface area contributed by atoms with Crippen LogP contribution in [0.2, 0.25) is 6.04 Å². The average molecular weight is 468 g/mol. The van der Waals surface area contributed by atoms with Crippen LogP contribution in [-0.2, 0) is 34.3 Å². The smallest absolute Gasteiger partial charge is 0.377 e. The molecular formula is C14H28O3PtSi. The Labute approximate surface area is 136 Å². The quantitative estimate of drug-likeness (QED) is 0.442. The zero-order chi connectivity index (χ0) is 11.3. The third-order valence-corrected chi connectivity index (χ3v) is 5.72. The van der Waals surface area contributed by atoms with Gasteiger partial charge in [0.15, 0.2) is 0 Å². The molecule has 0 saturated heterocycles. The Bertz CT molecular complexity index is 255. The molecule has 0 heterocycles. The first-order valence-electron chi connectivity index (χ1n) is 5.10. The third kappa shape index (κ3) is 7.57. The summed E-state index contributed by atoms with van der Waals surface area (Å²) in [5.74, 6) is 0.371. The van der Waals surface area contributed by atoms with Gasteiger partial charge in [-0.15, -0.1) is 6.42 Å². The van der Waals surface area contributed by atoms with E-state index < -0.39 is 8.80 Å². The van der Waals surface area contributed by atoms with Gasteiger partial charge in [0.2, 0.25) is 0 Å². The Hall–Kier alpha value is 0.265. The Morgan fingerprint density at radius 3 is 1.95 bits per heavy atom. The van der Waals surface area contributed by atoms with Crippen LogP contribution in [0.15, 0.2) is 17.7 Å². The molecule has 3 nitrogen and oxygen atoms in total.